The summed E-state index contributed by atoms with van der Waals surface area (Å²) in [4.78, 5) is 108. The number of carbonyl (C=O) groups is 8. The van der Waals surface area contributed by atoms with Crippen LogP contribution >= 0.6 is 0 Å². The van der Waals surface area contributed by atoms with Crippen LogP contribution < -0.4 is 0 Å². The van der Waals surface area contributed by atoms with Crippen molar-refractivity contribution < 1.29 is 116 Å². The van der Waals surface area contributed by atoms with E-state index in [9.17, 15) is 69.0 Å². The molecule has 6 N–H and O–H groups in total. The largest absolute Gasteiger partial charge is 0.462 e. The van der Waals surface area contributed by atoms with Crippen molar-refractivity contribution >= 4 is 47.8 Å². The molecule has 0 aromatic carbocycles. The van der Waals surface area contributed by atoms with Crippen LogP contribution in [-0.2, 0) is 85.7 Å². The molecule has 0 saturated heterocycles. The maximum Gasteiger partial charge on any atom is 0.306 e. The summed E-state index contributed by atoms with van der Waals surface area (Å²) in [6.45, 7) is 11.1. The lowest BCUT2D eigenvalue weighted by Gasteiger charge is -2.21. The van der Waals surface area contributed by atoms with Gasteiger partial charge in [0, 0.05) is 51.4 Å². The van der Waals surface area contributed by atoms with E-state index in [0.717, 1.165) is 385 Å². The van der Waals surface area contributed by atoms with Gasteiger partial charge >= 0.3 is 47.8 Å². The fourth-order valence-electron chi connectivity index (χ4n) is 19.6. The Hall–Kier alpha value is -4.56. The molecule has 0 bridgehead atoms. The molecule has 150 heavy (non-hydrogen) atoms. The van der Waals surface area contributed by atoms with E-state index in [1.54, 1.807) is 0 Å². The molecule has 0 radical (unpaired) electrons. The molecule has 886 valence electrons. The average molecular weight is 2140 g/mol. The summed E-state index contributed by atoms with van der Waals surface area (Å²) in [7, 11) is 0. The Labute approximate surface area is 918 Å². The second-order valence-electron chi connectivity index (χ2n) is 44.7. The molecule has 0 aliphatic carbocycles. The highest BCUT2D eigenvalue weighted by molar-refractivity contribution is 5.73. The van der Waals surface area contributed by atoms with Crippen LogP contribution in [0.15, 0.2) is 0 Å². The van der Waals surface area contributed by atoms with Gasteiger partial charge < -0.3 is 78.0 Å². The third-order valence-corrected chi connectivity index (χ3v) is 29.5. The van der Waals surface area contributed by atoms with Crippen LogP contribution in [0.5, 0.6) is 0 Å². The minimum absolute atomic E-state index is 0.0870. The lowest BCUT2D eigenvalue weighted by molar-refractivity contribution is -0.169. The number of hydrogen-bond acceptors (Lipinski definition) is 24. The number of esters is 8. The van der Waals surface area contributed by atoms with E-state index in [2.05, 4.69) is 41.5 Å². The van der Waals surface area contributed by atoms with Crippen LogP contribution in [0.4, 0.5) is 0 Å². The van der Waals surface area contributed by atoms with E-state index >= 15 is 0 Å². The number of aliphatic hydroxyl groups is 6. The van der Waals surface area contributed by atoms with Gasteiger partial charge in [0.15, 0.2) is 24.4 Å². The molecule has 10 unspecified atom stereocenters. The summed E-state index contributed by atoms with van der Waals surface area (Å²) < 4.78 is 59.3. The highest BCUT2D eigenvalue weighted by atomic mass is 16.6. The third-order valence-electron chi connectivity index (χ3n) is 29.5. The Bertz CT molecular complexity index is 2750. The fourth-order valence-corrected chi connectivity index (χ4v) is 19.6. The Kier molecular flexibility index (Phi) is 111. The molecule has 0 fully saturated rings. The summed E-state index contributed by atoms with van der Waals surface area (Å²) in [5.41, 5.74) is 0. The Morgan fingerprint density at radius 2 is 0.247 bits per heavy atom. The smallest absolute Gasteiger partial charge is 0.306 e. The van der Waals surface area contributed by atoms with Crippen molar-refractivity contribution in [3.8, 4) is 0 Å². The van der Waals surface area contributed by atoms with Crippen LogP contribution in [0.1, 0.15) is 645 Å². The molecule has 0 aliphatic rings. The number of carbonyl (C=O) groups excluding carboxylic acids is 8. The topological polar surface area (TPSA) is 350 Å². The maximum absolute atomic E-state index is 13.7. The summed E-state index contributed by atoms with van der Waals surface area (Å²) >= 11 is 0. The fraction of sp³-hybridized carbons (Fsp3) is 0.937. The van der Waals surface area contributed by atoms with Crippen LogP contribution in [0.2, 0.25) is 0 Å². The highest BCUT2D eigenvalue weighted by Crippen LogP contribution is 2.26. The van der Waals surface area contributed by atoms with Gasteiger partial charge in [0.05, 0.1) is 63.1 Å². The number of ether oxygens (including phenoxy) is 10. The minimum atomic E-state index is -1.05. The summed E-state index contributed by atoms with van der Waals surface area (Å²) in [6, 6.07) is 0. The first-order valence-electron chi connectivity index (χ1n) is 63.8. The average Bonchev–Trinajstić information content (AvgIpc) is 0.930. The molecule has 0 aromatic heterocycles. The molecular formula is C126H238O24. The van der Waals surface area contributed by atoms with Crippen molar-refractivity contribution in [1.82, 2.24) is 0 Å². The molecule has 0 amide bonds. The zero-order valence-electron chi connectivity index (χ0n) is 97.9. The highest BCUT2D eigenvalue weighted by Gasteiger charge is 2.26. The van der Waals surface area contributed by atoms with Gasteiger partial charge in [-0.15, -0.1) is 0 Å². The predicted molar refractivity (Wildman–Crippen MR) is 609 cm³/mol. The van der Waals surface area contributed by atoms with Gasteiger partial charge in [0.25, 0.3) is 0 Å². The second-order valence-corrected chi connectivity index (χ2v) is 44.7. The number of aliphatic hydroxyl groups excluding tert-OH is 6. The van der Waals surface area contributed by atoms with E-state index < -0.39 is 72.2 Å². The Morgan fingerprint density at radius 3 is 0.380 bits per heavy atom. The van der Waals surface area contributed by atoms with Crippen LogP contribution in [0, 0.1) is 0 Å². The van der Waals surface area contributed by atoms with Crippen molar-refractivity contribution in [1.29, 1.82) is 0 Å². The zero-order valence-corrected chi connectivity index (χ0v) is 97.9. The molecule has 10 atom stereocenters. The molecule has 24 nitrogen and oxygen atoms in total. The Morgan fingerprint density at radius 1 is 0.140 bits per heavy atom. The van der Waals surface area contributed by atoms with Gasteiger partial charge in [0.2, 0.25) is 0 Å². The number of unbranched alkanes of at least 4 members (excludes halogenated alkanes) is 61. The predicted octanol–water partition coefficient (Wildman–Crippen LogP) is 31.8. The summed E-state index contributed by atoms with van der Waals surface area (Å²) in [5, 5.41) is 62.5. The van der Waals surface area contributed by atoms with Crippen LogP contribution in [0.3, 0.4) is 0 Å². The van der Waals surface area contributed by atoms with E-state index in [0.29, 0.717) is 38.5 Å². The van der Waals surface area contributed by atoms with Crippen LogP contribution in [-0.4, -0.2) is 192 Å². The third kappa shape index (κ3) is 108. The SMILES string of the molecule is CCCCCCC(O)CCCCCCCCCCC(=O)OCC(COCC(COC(=O)CCCCC(=O)OCC(COCC(COC(=O)CCCCCCCCCCC(O)CCCCCC)OC(=O)CCCCCCCCCCC(O)CCCCCC)OC(=O)CCCCCCCCCCC(O)CCCCCC)OC(=O)CCCCCCCCCCC(O)CCCCCC)OC(=O)CCCCCCCCCCC(O)CCCCCC. The van der Waals surface area contributed by atoms with Gasteiger partial charge in [-0.25, -0.2) is 0 Å². The van der Waals surface area contributed by atoms with E-state index in [1.165, 1.54) is 116 Å². The molecule has 24 heteroatoms. The van der Waals surface area contributed by atoms with Crippen LogP contribution in [0.25, 0.3) is 0 Å². The van der Waals surface area contributed by atoms with Gasteiger partial charge in [-0.05, 0) is 128 Å². The molecule has 0 saturated carbocycles. The zero-order chi connectivity index (χ0) is 110. The molecule has 0 aromatic rings. The standard InChI is InChI=1S/C126H238O24/c1-7-13-19-61-81-109(127)87-67-49-37-25-31-43-55-73-93-119(133)143-105-115(147-123(137)97-75-57-45-33-27-39-51-69-89-111(129)83-63-21-15-9-3)101-141-103-117(149-125(139)99-77-59-47-35-29-41-53-71-91-113(131)85-65-23-17-11-5)107-145-121(135)95-79-80-96-122(136)146-108-118(150-126(140)100-78-60-48-36-30-42-54-72-92-114(132)86-66-24-18-12-6)104-142-102-116(148-124(138)98-76-58-46-34-28-40-52-70-90-112(130)84-64-22-16-10-4)106-144-120(134)94-74-56-44-32-26-38-50-68-88-110(128)82-62-20-14-8-2/h109-118,127-132H,7-108H2,1-6H3. The Balaban J connectivity index is 6.49. The first kappa shape index (κ1) is 145. The van der Waals surface area contributed by atoms with Gasteiger partial charge in [-0.3, -0.25) is 38.4 Å². The number of hydrogen-bond donors (Lipinski definition) is 6. The molecule has 0 aliphatic heterocycles. The van der Waals surface area contributed by atoms with Gasteiger partial charge in [-0.2, -0.15) is 0 Å². The van der Waals surface area contributed by atoms with Gasteiger partial charge in [-0.1, -0.05) is 465 Å². The van der Waals surface area contributed by atoms with Crippen molar-refractivity contribution in [3.05, 3.63) is 0 Å². The second kappa shape index (κ2) is 114. The number of rotatable bonds is 121. The maximum atomic E-state index is 13.7. The molecule has 0 heterocycles. The lowest BCUT2D eigenvalue weighted by atomic mass is 10.0. The molecular weight excluding hydrogens is 1900 g/mol. The quantitative estimate of drug-likeness (QED) is 0.0187. The van der Waals surface area contributed by atoms with E-state index in [4.69, 9.17) is 47.4 Å². The normalized spacial score (nSPS) is 13.7. The lowest BCUT2D eigenvalue weighted by Crippen LogP contribution is -2.34. The van der Waals surface area contributed by atoms with Crippen molar-refractivity contribution in [2.45, 2.75) is 706 Å². The molecule has 0 rings (SSSR count). The molecule has 0 spiro atoms. The van der Waals surface area contributed by atoms with Crippen molar-refractivity contribution in [3.63, 3.8) is 0 Å². The van der Waals surface area contributed by atoms with E-state index in [-0.39, 0.29) is 154 Å². The van der Waals surface area contributed by atoms with Crippen molar-refractivity contribution in [2.75, 3.05) is 52.9 Å². The monoisotopic (exact) mass is 2140 g/mol. The first-order valence-corrected chi connectivity index (χ1v) is 63.8. The van der Waals surface area contributed by atoms with Gasteiger partial charge in [0.1, 0.15) is 26.4 Å². The summed E-state index contributed by atoms with van der Waals surface area (Å²) in [5.74, 6) is -3.89. The minimum Gasteiger partial charge on any atom is -0.462 e. The van der Waals surface area contributed by atoms with Crippen molar-refractivity contribution in [2.24, 2.45) is 0 Å². The summed E-state index contributed by atoms with van der Waals surface area (Å²) in [6.07, 6.45) is 81.3. The van der Waals surface area contributed by atoms with E-state index in [1.807, 2.05) is 0 Å². The first-order chi connectivity index (χ1) is 73.2.